The molecule has 4 aromatic rings. The van der Waals surface area contributed by atoms with E-state index in [1.54, 1.807) is 0 Å². The van der Waals surface area contributed by atoms with Crippen molar-refractivity contribution in [2.24, 2.45) is 0 Å². The van der Waals surface area contributed by atoms with Gasteiger partial charge in [-0.15, -0.1) is 0 Å². The molecule has 138 valence electrons. The van der Waals surface area contributed by atoms with Crippen LogP contribution in [0.25, 0.3) is 33.6 Å². The molecule has 0 aliphatic rings. The molecule has 4 rings (SSSR count). The summed E-state index contributed by atoms with van der Waals surface area (Å²) in [5, 5.41) is 0. The van der Waals surface area contributed by atoms with E-state index in [1.165, 1.54) is 33.6 Å². The van der Waals surface area contributed by atoms with E-state index in [9.17, 15) is 0 Å². The summed E-state index contributed by atoms with van der Waals surface area (Å²) in [6, 6.07) is 37.2. The molecule has 1 heteroatoms. The van der Waals surface area contributed by atoms with Crippen LogP contribution in [0.2, 0.25) is 0 Å². The molecule has 0 amide bonds. The lowest BCUT2D eigenvalue weighted by Crippen LogP contribution is -2.42. The number of pyridine rings is 1. The van der Waals surface area contributed by atoms with Gasteiger partial charge in [0, 0.05) is 29.7 Å². The number of hydrogen-bond acceptors (Lipinski definition) is 0. The van der Waals surface area contributed by atoms with E-state index in [1.807, 2.05) is 0 Å². The highest BCUT2D eigenvalue weighted by molar-refractivity contribution is 5.73. The molecule has 0 N–H and O–H groups in total. The van der Waals surface area contributed by atoms with Crippen LogP contribution < -0.4 is 4.57 Å². The van der Waals surface area contributed by atoms with E-state index in [0.29, 0.717) is 6.04 Å². The fourth-order valence-corrected chi connectivity index (χ4v) is 3.72. The van der Waals surface area contributed by atoms with E-state index < -0.39 is 0 Å². The number of aromatic nitrogens is 1. The van der Waals surface area contributed by atoms with Crippen molar-refractivity contribution in [1.82, 2.24) is 0 Å². The molecule has 0 aliphatic carbocycles. The largest absolute Gasteiger partial charge is 0.213 e. The third kappa shape index (κ3) is 3.61. The van der Waals surface area contributed by atoms with Crippen molar-refractivity contribution in [3.8, 4) is 33.6 Å². The smallest absolute Gasteiger partial charge is 0.189 e. The average molecular weight is 365 g/mol. The molecule has 1 heterocycles. The predicted octanol–water partition coefficient (Wildman–Crippen LogP) is 6.95. The number of benzene rings is 3. The Morgan fingerprint density at radius 3 is 1.36 bits per heavy atom. The molecule has 0 fully saturated rings. The molecule has 1 nitrogen and oxygen atoms in total. The van der Waals surface area contributed by atoms with Gasteiger partial charge in [-0.2, -0.15) is 4.57 Å². The zero-order valence-corrected chi connectivity index (χ0v) is 16.5. The SMILES string of the molecule is CCC(C)[n+]1c(-c2ccccc2)cc(-c2ccccc2)cc1-c1ccccc1. The molecular weight excluding hydrogens is 338 g/mol. The molecular formula is C27H26N+. The Kier molecular flexibility index (Phi) is 5.34. The Morgan fingerprint density at radius 1 is 0.571 bits per heavy atom. The zero-order chi connectivity index (χ0) is 19.3. The normalized spacial score (nSPS) is 11.9. The fraction of sp³-hybridized carbons (Fsp3) is 0.148. The van der Waals surface area contributed by atoms with Crippen molar-refractivity contribution < 1.29 is 4.57 Å². The van der Waals surface area contributed by atoms with Gasteiger partial charge in [0.25, 0.3) is 0 Å². The van der Waals surface area contributed by atoms with Crippen LogP contribution in [-0.2, 0) is 0 Å². The van der Waals surface area contributed by atoms with Gasteiger partial charge in [-0.1, -0.05) is 73.7 Å². The van der Waals surface area contributed by atoms with Gasteiger partial charge in [-0.25, -0.2) is 0 Å². The third-order valence-electron chi connectivity index (χ3n) is 5.38. The van der Waals surface area contributed by atoms with Crippen LogP contribution in [0.4, 0.5) is 0 Å². The van der Waals surface area contributed by atoms with Crippen LogP contribution in [-0.4, -0.2) is 0 Å². The van der Waals surface area contributed by atoms with Crippen LogP contribution in [0.1, 0.15) is 26.3 Å². The van der Waals surface area contributed by atoms with Gasteiger partial charge in [0.1, 0.15) is 0 Å². The minimum absolute atomic E-state index is 0.398. The second-order valence-electron chi connectivity index (χ2n) is 7.24. The summed E-state index contributed by atoms with van der Waals surface area (Å²) in [6.07, 6.45) is 1.08. The third-order valence-corrected chi connectivity index (χ3v) is 5.38. The molecule has 3 aromatic carbocycles. The first kappa shape index (κ1) is 18.2. The van der Waals surface area contributed by atoms with Crippen molar-refractivity contribution in [3.63, 3.8) is 0 Å². The molecule has 1 unspecified atom stereocenters. The van der Waals surface area contributed by atoms with Gasteiger partial charge in [0.15, 0.2) is 6.04 Å². The van der Waals surface area contributed by atoms with Gasteiger partial charge in [0.05, 0.1) is 0 Å². The molecule has 0 spiro atoms. The molecule has 0 radical (unpaired) electrons. The summed E-state index contributed by atoms with van der Waals surface area (Å²) >= 11 is 0. The molecule has 1 atom stereocenters. The Morgan fingerprint density at radius 2 is 0.964 bits per heavy atom. The number of rotatable bonds is 5. The topological polar surface area (TPSA) is 3.88 Å². The minimum atomic E-state index is 0.398. The van der Waals surface area contributed by atoms with Gasteiger partial charge >= 0.3 is 0 Å². The van der Waals surface area contributed by atoms with Crippen molar-refractivity contribution in [2.45, 2.75) is 26.3 Å². The molecule has 0 aliphatic heterocycles. The minimum Gasteiger partial charge on any atom is -0.189 e. The Labute approximate surface area is 167 Å². The number of hydrogen-bond donors (Lipinski definition) is 0. The van der Waals surface area contributed by atoms with E-state index in [2.05, 4.69) is 122 Å². The molecule has 28 heavy (non-hydrogen) atoms. The summed E-state index contributed by atoms with van der Waals surface area (Å²) in [6.45, 7) is 4.56. The highest BCUT2D eigenvalue weighted by Crippen LogP contribution is 2.30. The van der Waals surface area contributed by atoms with Gasteiger partial charge in [-0.05, 0) is 42.3 Å². The Hall–Kier alpha value is -3.19. The second kappa shape index (κ2) is 8.22. The highest BCUT2D eigenvalue weighted by atomic mass is 15.0. The number of nitrogens with zero attached hydrogens (tertiary/aromatic N) is 1. The van der Waals surface area contributed by atoms with Gasteiger partial charge in [-0.3, -0.25) is 0 Å². The quantitative estimate of drug-likeness (QED) is 0.337. The fourth-order valence-electron chi connectivity index (χ4n) is 3.72. The first-order chi connectivity index (χ1) is 13.8. The summed E-state index contributed by atoms with van der Waals surface area (Å²) < 4.78 is 2.50. The van der Waals surface area contributed by atoms with E-state index in [-0.39, 0.29) is 0 Å². The molecule has 0 saturated heterocycles. The monoisotopic (exact) mass is 364 g/mol. The summed E-state index contributed by atoms with van der Waals surface area (Å²) in [5.41, 5.74) is 7.51. The summed E-state index contributed by atoms with van der Waals surface area (Å²) in [4.78, 5) is 0. The maximum absolute atomic E-state index is 2.50. The standard InChI is InChI=1S/C27H26N/c1-3-21(2)28-26(23-15-9-5-10-16-23)19-25(22-13-7-4-8-14-22)20-27(28)24-17-11-6-12-18-24/h4-21H,3H2,1-2H3/q+1. The van der Waals surface area contributed by atoms with Crippen LogP contribution in [0.15, 0.2) is 103 Å². The summed E-state index contributed by atoms with van der Waals surface area (Å²) in [7, 11) is 0. The first-order valence-corrected chi connectivity index (χ1v) is 10.0. The maximum atomic E-state index is 2.50. The van der Waals surface area contributed by atoms with Crippen LogP contribution >= 0.6 is 0 Å². The van der Waals surface area contributed by atoms with Crippen molar-refractivity contribution in [2.75, 3.05) is 0 Å². The average Bonchev–Trinajstić information content (AvgIpc) is 2.79. The van der Waals surface area contributed by atoms with E-state index >= 15 is 0 Å². The zero-order valence-electron chi connectivity index (χ0n) is 16.5. The maximum Gasteiger partial charge on any atom is 0.213 e. The first-order valence-electron chi connectivity index (χ1n) is 10.0. The Balaban J connectivity index is 2.05. The predicted molar refractivity (Wildman–Crippen MR) is 118 cm³/mol. The van der Waals surface area contributed by atoms with Crippen LogP contribution in [0.5, 0.6) is 0 Å². The highest BCUT2D eigenvalue weighted by Gasteiger charge is 2.26. The lowest BCUT2D eigenvalue weighted by molar-refractivity contribution is -0.699. The van der Waals surface area contributed by atoms with Crippen molar-refractivity contribution in [3.05, 3.63) is 103 Å². The molecule has 0 saturated carbocycles. The lowest BCUT2D eigenvalue weighted by atomic mass is 9.98. The van der Waals surface area contributed by atoms with Crippen molar-refractivity contribution >= 4 is 0 Å². The second-order valence-corrected chi connectivity index (χ2v) is 7.24. The van der Waals surface area contributed by atoms with Crippen LogP contribution in [0, 0.1) is 0 Å². The summed E-state index contributed by atoms with van der Waals surface area (Å²) in [5.74, 6) is 0. The van der Waals surface area contributed by atoms with Crippen molar-refractivity contribution in [1.29, 1.82) is 0 Å². The van der Waals surface area contributed by atoms with Crippen LogP contribution in [0.3, 0.4) is 0 Å². The Bertz CT molecular complexity index is 977. The van der Waals surface area contributed by atoms with Gasteiger partial charge in [0.2, 0.25) is 11.4 Å². The van der Waals surface area contributed by atoms with E-state index in [0.717, 1.165) is 6.42 Å². The van der Waals surface area contributed by atoms with E-state index in [4.69, 9.17) is 0 Å². The lowest BCUT2D eigenvalue weighted by Gasteiger charge is -2.16. The molecule has 1 aromatic heterocycles. The molecule has 0 bridgehead atoms. The van der Waals surface area contributed by atoms with Gasteiger partial charge < -0.3 is 0 Å².